The first-order chi connectivity index (χ1) is 9.61. The Balaban J connectivity index is 2.41. The van der Waals surface area contributed by atoms with Crippen LogP contribution in [0.15, 0.2) is 34.1 Å². The molecule has 1 aliphatic heterocycles. The molecule has 2 nitrogen and oxygen atoms in total. The summed E-state index contributed by atoms with van der Waals surface area (Å²) in [6.45, 7) is 3.63. The van der Waals surface area contributed by atoms with Gasteiger partial charge in [-0.3, -0.25) is 4.79 Å². The van der Waals surface area contributed by atoms with Crippen LogP contribution in [0.2, 0.25) is 0 Å². The second-order valence-corrected chi connectivity index (χ2v) is 7.35. The van der Waals surface area contributed by atoms with E-state index in [0.29, 0.717) is 6.42 Å². The molecular weight excluding hydrogens is 286 g/mol. The predicted molar refractivity (Wildman–Crippen MR) is 86.8 cm³/mol. The molecule has 104 valence electrons. The van der Waals surface area contributed by atoms with Crippen molar-refractivity contribution in [1.82, 2.24) is 0 Å². The molecule has 4 heteroatoms. The second-order valence-electron chi connectivity index (χ2n) is 4.88. The molecule has 0 N–H and O–H groups in total. The molecule has 0 bridgehead atoms. The van der Waals surface area contributed by atoms with Crippen molar-refractivity contribution in [1.29, 1.82) is 5.26 Å². The zero-order valence-electron chi connectivity index (χ0n) is 11.7. The van der Waals surface area contributed by atoms with E-state index in [2.05, 4.69) is 6.07 Å². The Labute approximate surface area is 128 Å². The number of ketones is 1. The minimum absolute atomic E-state index is 0.105. The summed E-state index contributed by atoms with van der Waals surface area (Å²) in [6.07, 6.45) is 0.399. The summed E-state index contributed by atoms with van der Waals surface area (Å²) in [6, 6.07) is 10.5. The van der Waals surface area contributed by atoms with Gasteiger partial charge in [0, 0.05) is 23.8 Å². The van der Waals surface area contributed by atoms with Crippen LogP contribution in [0, 0.1) is 18.3 Å². The predicted octanol–water partition coefficient (Wildman–Crippen LogP) is 4.27. The lowest BCUT2D eigenvalue weighted by Gasteiger charge is -2.17. The number of Topliss-reactive ketones (excluding diaryl/α,β-unsaturated/α-hetero) is 1. The molecular formula is C16H17NOS2. The van der Waals surface area contributed by atoms with E-state index >= 15 is 0 Å². The van der Waals surface area contributed by atoms with E-state index in [0.717, 1.165) is 26.9 Å². The fraction of sp³-hybridized carbons (Fsp3) is 0.375. The Bertz CT molecular complexity index is 561. The summed E-state index contributed by atoms with van der Waals surface area (Å²) in [7, 11) is 0. The normalized spacial score (nSPS) is 15.8. The number of carbonyl (C=O) groups is 1. The largest absolute Gasteiger partial charge is 0.300 e. The summed E-state index contributed by atoms with van der Waals surface area (Å²) in [5.74, 6) is 2.11. The van der Waals surface area contributed by atoms with Crippen molar-refractivity contribution in [2.75, 3.05) is 11.5 Å². The lowest BCUT2D eigenvalue weighted by molar-refractivity contribution is -0.117. The Hall–Kier alpha value is -1.18. The van der Waals surface area contributed by atoms with Gasteiger partial charge in [-0.05, 0) is 19.4 Å². The van der Waals surface area contributed by atoms with Crippen LogP contribution in [0.4, 0.5) is 0 Å². The number of hydrogen-bond donors (Lipinski definition) is 0. The van der Waals surface area contributed by atoms with E-state index in [1.54, 1.807) is 30.4 Å². The van der Waals surface area contributed by atoms with Crippen LogP contribution >= 0.6 is 23.5 Å². The van der Waals surface area contributed by atoms with Crippen LogP contribution in [-0.4, -0.2) is 17.3 Å². The Morgan fingerprint density at radius 2 is 1.90 bits per heavy atom. The monoisotopic (exact) mass is 303 g/mol. The molecule has 1 aromatic carbocycles. The van der Waals surface area contributed by atoms with Gasteiger partial charge in [-0.15, -0.1) is 23.5 Å². The quantitative estimate of drug-likeness (QED) is 0.779. The van der Waals surface area contributed by atoms with E-state index in [1.165, 1.54) is 5.56 Å². The molecule has 0 amide bonds. The zero-order valence-corrected chi connectivity index (χ0v) is 13.3. The van der Waals surface area contributed by atoms with E-state index in [4.69, 9.17) is 0 Å². The lowest BCUT2D eigenvalue weighted by Crippen LogP contribution is -2.07. The fourth-order valence-corrected chi connectivity index (χ4v) is 4.76. The highest BCUT2D eigenvalue weighted by Gasteiger charge is 2.24. The van der Waals surface area contributed by atoms with Gasteiger partial charge in [0.2, 0.25) is 0 Å². The molecule has 1 heterocycles. The van der Waals surface area contributed by atoms with Crippen molar-refractivity contribution in [3.8, 4) is 6.07 Å². The number of aryl methyl sites for hydroxylation is 1. The molecule has 1 aromatic rings. The maximum atomic E-state index is 11.6. The van der Waals surface area contributed by atoms with Gasteiger partial charge in [-0.1, -0.05) is 29.8 Å². The van der Waals surface area contributed by atoms with Crippen LogP contribution in [0.25, 0.3) is 0 Å². The molecule has 0 spiro atoms. The molecule has 2 rings (SSSR count). The summed E-state index contributed by atoms with van der Waals surface area (Å²) < 4.78 is 1.10. The fourth-order valence-electron chi connectivity index (χ4n) is 2.20. The van der Waals surface area contributed by atoms with Gasteiger partial charge in [0.15, 0.2) is 0 Å². The van der Waals surface area contributed by atoms with Gasteiger partial charge in [-0.25, -0.2) is 0 Å². The molecule has 1 atom stereocenters. The topological polar surface area (TPSA) is 40.9 Å². The number of carbonyl (C=O) groups excluding carboxylic acids is 1. The Morgan fingerprint density at radius 1 is 1.30 bits per heavy atom. The van der Waals surface area contributed by atoms with Gasteiger partial charge < -0.3 is 0 Å². The average Bonchev–Trinajstić information content (AvgIpc) is 2.93. The van der Waals surface area contributed by atoms with E-state index in [1.807, 2.05) is 31.2 Å². The minimum atomic E-state index is -0.105. The molecule has 1 fully saturated rings. The van der Waals surface area contributed by atoms with Crippen molar-refractivity contribution in [2.45, 2.75) is 26.2 Å². The first-order valence-electron chi connectivity index (χ1n) is 6.57. The zero-order chi connectivity index (χ0) is 14.5. The third-order valence-corrected chi connectivity index (χ3v) is 5.96. The molecule has 0 saturated carbocycles. The molecule has 1 saturated heterocycles. The van der Waals surface area contributed by atoms with Crippen LogP contribution in [0.1, 0.15) is 30.4 Å². The number of allylic oxidation sites excluding steroid dienone is 1. The number of nitrogens with zero attached hydrogens (tertiary/aromatic N) is 1. The van der Waals surface area contributed by atoms with Gasteiger partial charge in [-0.2, -0.15) is 5.26 Å². The lowest BCUT2D eigenvalue weighted by atomic mass is 9.88. The number of nitriles is 1. The molecule has 1 unspecified atom stereocenters. The Morgan fingerprint density at radius 3 is 2.40 bits per heavy atom. The van der Waals surface area contributed by atoms with Crippen molar-refractivity contribution in [3.63, 3.8) is 0 Å². The van der Waals surface area contributed by atoms with Crippen molar-refractivity contribution < 1.29 is 4.79 Å². The molecule has 1 aliphatic rings. The Kier molecular flexibility index (Phi) is 5.33. The molecule has 0 aromatic heterocycles. The highest BCUT2D eigenvalue weighted by Crippen LogP contribution is 2.43. The number of benzene rings is 1. The third kappa shape index (κ3) is 3.68. The highest BCUT2D eigenvalue weighted by molar-refractivity contribution is 8.25. The van der Waals surface area contributed by atoms with Crippen molar-refractivity contribution in [3.05, 3.63) is 45.2 Å². The van der Waals surface area contributed by atoms with Crippen LogP contribution in [-0.2, 0) is 4.79 Å². The van der Waals surface area contributed by atoms with Crippen LogP contribution < -0.4 is 0 Å². The standard InChI is InChI=1S/C16H17NOS2/c1-11-3-5-13(6-4-11)14(9-12(2)18)15(10-17)16-19-7-8-20-16/h3-6,14H,7-9H2,1-2H3. The third-order valence-electron chi connectivity index (χ3n) is 3.21. The van der Waals surface area contributed by atoms with Crippen molar-refractivity contribution >= 4 is 29.3 Å². The van der Waals surface area contributed by atoms with Gasteiger partial charge in [0.05, 0.1) is 15.9 Å². The average molecular weight is 303 g/mol. The van der Waals surface area contributed by atoms with E-state index in [-0.39, 0.29) is 11.7 Å². The van der Waals surface area contributed by atoms with Gasteiger partial charge in [0.1, 0.15) is 5.78 Å². The summed E-state index contributed by atoms with van der Waals surface area (Å²) in [4.78, 5) is 11.6. The minimum Gasteiger partial charge on any atom is -0.300 e. The first-order valence-corrected chi connectivity index (χ1v) is 8.55. The summed E-state index contributed by atoms with van der Waals surface area (Å²) >= 11 is 3.47. The SMILES string of the molecule is CC(=O)CC(C(C#N)=C1SCCS1)c1ccc(C)cc1. The first kappa shape index (κ1) is 15.2. The molecule has 0 radical (unpaired) electrons. The molecule has 20 heavy (non-hydrogen) atoms. The second kappa shape index (κ2) is 7.01. The van der Waals surface area contributed by atoms with E-state index in [9.17, 15) is 10.1 Å². The van der Waals surface area contributed by atoms with Crippen molar-refractivity contribution in [2.24, 2.45) is 0 Å². The van der Waals surface area contributed by atoms with Gasteiger partial charge >= 0.3 is 0 Å². The highest BCUT2D eigenvalue weighted by atomic mass is 32.2. The van der Waals surface area contributed by atoms with Crippen LogP contribution in [0.3, 0.4) is 0 Å². The maximum Gasteiger partial charge on any atom is 0.130 e. The number of thioether (sulfide) groups is 2. The number of rotatable bonds is 4. The summed E-state index contributed by atoms with van der Waals surface area (Å²) in [5.41, 5.74) is 3.01. The smallest absolute Gasteiger partial charge is 0.130 e. The van der Waals surface area contributed by atoms with E-state index < -0.39 is 0 Å². The maximum absolute atomic E-state index is 11.6. The molecule has 0 aliphatic carbocycles. The number of hydrogen-bond acceptors (Lipinski definition) is 4. The van der Waals surface area contributed by atoms with Gasteiger partial charge in [0.25, 0.3) is 0 Å². The van der Waals surface area contributed by atoms with Crippen LogP contribution in [0.5, 0.6) is 0 Å². The summed E-state index contributed by atoms with van der Waals surface area (Å²) in [5, 5.41) is 9.54.